The van der Waals surface area contributed by atoms with Crippen LogP contribution >= 0.6 is 11.6 Å². The van der Waals surface area contributed by atoms with E-state index < -0.39 is 12.2 Å². The molecule has 0 bridgehead atoms. The van der Waals surface area contributed by atoms with Gasteiger partial charge in [0.25, 0.3) is 0 Å². The fourth-order valence-electron chi connectivity index (χ4n) is 1.02. The summed E-state index contributed by atoms with van der Waals surface area (Å²) in [6.45, 7) is 0. The molecule has 1 aromatic carbocycles. The number of ether oxygens (including phenoxy) is 1. The number of hydrogen-bond acceptors (Lipinski definition) is 5. The number of esters is 1. The maximum atomic E-state index is 10.9. The van der Waals surface area contributed by atoms with Crippen LogP contribution in [0.4, 0.5) is 5.69 Å². The summed E-state index contributed by atoms with van der Waals surface area (Å²) in [4.78, 5) is 10.9. The number of halogens is 1. The Hall–Kier alpha value is -1.77. The van der Waals surface area contributed by atoms with Gasteiger partial charge in [-0.3, -0.25) is 0 Å². The fourth-order valence-corrected chi connectivity index (χ4v) is 1.20. The highest BCUT2D eigenvalue weighted by molar-refractivity contribution is 6.33. The van der Waals surface area contributed by atoms with Gasteiger partial charge >= 0.3 is 5.97 Å². The minimum absolute atomic E-state index is 0.290. The summed E-state index contributed by atoms with van der Waals surface area (Å²) in [6.07, 6.45) is -1.52. The Bertz CT molecular complexity index is 442. The van der Waals surface area contributed by atoms with Crippen LogP contribution in [0, 0.1) is 11.3 Å². The van der Waals surface area contributed by atoms with E-state index in [0.29, 0.717) is 16.3 Å². The van der Waals surface area contributed by atoms with E-state index >= 15 is 0 Å². The highest BCUT2D eigenvalue weighted by Crippen LogP contribution is 2.23. The number of nitrogens with one attached hydrogen (secondary N) is 1. The monoisotopic (exact) mass is 240 g/mol. The number of anilines is 1. The molecule has 0 radical (unpaired) electrons. The third-order valence-electron chi connectivity index (χ3n) is 1.81. The van der Waals surface area contributed by atoms with Crippen molar-refractivity contribution in [2.75, 3.05) is 12.4 Å². The summed E-state index contributed by atoms with van der Waals surface area (Å²) in [6, 6.07) is 6.36. The molecule has 0 saturated heterocycles. The van der Waals surface area contributed by atoms with Crippen LogP contribution in [0.1, 0.15) is 5.56 Å². The number of nitrogens with zero attached hydrogens (tertiary/aromatic N) is 1. The lowest BCUT2D eigenvalue weighted by Gasteiger charge is -2.13. The fraction of sp³-hybridized carbons (Fsp3) is 0.200. The number of aliphatic hydroxyl groups excluding tert-OH is 1. The lowest BCUT2D eigenvalue weighted by Crippen LogP contribution is -2.30. The number of carbonyl (C=O) groups excluding carboxylic acids is 1. The van der Waals surface area contributed by atoms with Crippen molar-refractivity contribution in [1.29, 1.82) is 5.26 Å². The minimum Gasteiger partial charge on any atom is -0.466 e. The zero-order valence-electron chi connectivity index (χ0n) is 8.40. The lowest BCUT2D eigenvalue weighted by atomic mass is 10.2. The summed E-state index contributed by atoms with van der Waals surface area (Å²) >= 11 is 5.81. The topological polar surface area (TPSA) is 82.3 Å². The van der Waals surface area contributed by atoms with Gasteiger partial charge in [-0.05, 0) is 18.2 Å². The van der Waals surface area contributed by atoms with Crippen LogP contribution in [0.2, 0.25) is 5.02 Å². The van der Waals surface area contributed by atoms with Crippen LogP contribution in [0.15, 0.2) is 18.2 Å². The number of nitriles is 1. The smallest absolute Gasteiger partial charge is 0.355 e. The van der Waals surface area contributed by atoms with Gasteiger partial charge in [0.1, 0.15) is 0 Å². The molecule has 1 aromatic rings. The van der Waals surface area contributed by atoms with Crippen LogP contribution in [-0.4, -0.2) is 24.4 Å². The minimum atomic E-state index is -1.52. The van der Waals surface area contributed by atoms with Gasteiger partial charge in [-0.1, -0.05) is 11.6 Å². The van der Waals surface area contributed by atoms with E-state index in [4.69, 9.17) is 16.9 Å². The van der Waals surface area contributed by atoms with Gasteiger partial charge in [0.05, 0.1) is 29.5 Å². The Balaban J connectivity index is 2.88. The molecule has 6 heteroatoms. The second kappa shape index (κ2) is 5.35. The highest BCUT2D eigenvalue weighted by Gasteiger charge is 2.16. The molecule has 0 aliphatic heterocycles. The first-order valence-corrected chi connectivity index (χ1v) is 4.68. The summed E-state index contributed by atoms with van der Waals surface area (Å²) in [5.41, 5.74) is 0.655. The molecule has 1 atom stereocenters. The number of carbonyl (C=O) groups is 1. The molecular weight excluding hydrogens is 232 g/mol. The average molecular weight is 241 g/mol. The van der Waals surface area contributed by atoms with E-state index in [0.717, 1.165) is 7.11 Å². The first-order valence-electron chi connectivity index (χ1n) is 4.30. The lowest BCUT2D eigenvalue weighted by molar-refractivity contribution is -0.148. The average Bonchev–Trinajstić information content (AvgIpc) is 2.30. The third kappa shape index (κ3) is 2.86. The van der Waals surface area contributed by atoms with E-state index in [1.807, 2.05) is 6.07 Å². The van der Waals surface area contributed by atoms with Gasteiger partial charge in [-0.2, -0.15) is 5.26 Å². The van der Waals surface area contributed by atoms with Crippen molar-refractivity contribution >= 4 is 23.3 Å². The van der Waals surface area contributed by atoms with Crippen molar-refractivity contribution in [3.63, 3.8) is 0 Å². The highest BCUT2D eigenvalue weighted by atomic mass is 35.5. The molecule has 0 fully saturated rings. The van der Waals surface area contributed by atoms with Gasteiger partial charge < -0.3 is 15.2 Å². The van der Waals surface area contributed by atoms with Gasteiger partial charge in [-0.15, -0.1) is 0 Å². The molecule has 2 N–H and O–H groups in total. The Morgan fingerprint density at radius 3 is 2.94 bits per heavy atom. The molecule has 0 aliphatic carbocycles. The van der Waals surface area contributed by atoms with Crippen LogP contribution < -0.4 is 5.32 Å². The van der Waals surface area contributed by atoms with E-state index in [9.17, 15) is 9.90 Å². The molecule has 1 unspecified atom stereocenters. The van der Waals surface area contributed by atoms with Gasteiger partial charge in [-0.25, -0.2) is 4.79 Å². The summed E-state index contributed by atoms with van der Waals surface area (Å²) in [7, 11) is 1.15. The SMILES string of the molecule is COC(=O)C(O)Nc1cc(C#N)ccc1Cl. The second-order valence-corrected chi connectivity index (χ2v) is 3.28. The standard InChI is InChI=1S/C10H9ClN2O3/c1-16-10(15)9(14)13-8-4-6(5-12)2-3-7(8)11/h2-4,9,13-14H,1H3. The van der Waals surface area contributed by atoms with Gasteiger partial charge in [0.2, 0.25) is 6.23 Å². The maximum Gasteiger partial charge on any atom is 0.355 e. The summed E-state index contributed by atoms with van der Waals surface area (Å²) in [5.74, 6) is -0.835. The molecule has 0 saturated carbocycles. The largest absolute Gasteiger partial charge is 0.466 e. The molecule has 0 heterocycles. The summed E-state index contributed by atoms with van der Waals surface area (Å²) < 4.78 is 4.32. The number of benzene rings is 1. The third-order valence-corrected chi connectivity index (χ3v) is 2.14. The van der Waals surface area contributed by atoms with E-state index in [-0.39, 0.29) is 0 Å². The zero-order chi connectivity index (χ0) is 12.1. The van der Waals surface area contributed by atoms with E-state index in [1.54, 1.807) is 0 Å². The predicted molar refractivity (Wildman–Crippen MR) is 57.8 cm³/mol. The van der Waals surface area contributed by atoms with Crippen molar-refractivity contribution in [3.05, 3.63) is 28.8 Å². The van der Waals surface area contributed by atoms with Crippen molar-refractivity contribution in [3.8, 4) is 6.07 Å². The van der Waals surface area contributed by atoms with Crippen LogP contribution in [-0.2, 0) is 9.53 Å². The first kappa shape index (κ1) is 12.3. The van der Waals surface area contributed by atoms with Crippen molar-refractivity contribution in [2.24, 2.45) is 0 Å². The Labute approximate surface area is 97.2 Å². The molecule has 0 aromatic heterocycles. The maximum absolute atomic E-state index is 10.9. The number of methoxy groups -OCH3 is 1. The van der Waals surface area contributed by atoms with Crippen molar-refractivity contribution in [1.82, 2.24) is 0 Å². The molecule has 0 spiro atoms. The number of hydrogen-bond donors (Lipinski definition) is 2. The van der Waals surface area contributed by atoms with Gasteiger partial charge in [0.15, 0.2) is 0 Å². The first-order chi connectivity index (χ1) is 7.58. The van der Waals surface area contributed by atoms with Crippen LogP contribution in [0.3, 0.4) is 0 Å². The van der Waals surface area contributed by atoms with E-state index in [1.165, 1.54) is 18.2 Å². The van der Waals surface area contributed by atoms with Crippen molar-refractivity contribution < 1.29 is 14.6 Å². The Morgan fingerprint density at radius 2 is 2.38 bits per heavy atom. The molecule has 16 heavy (non-hydrogen) atoms. The van der Waals surface area contributed by atoms with Crippen LogP contribution in [0.5, 0.6) is 0 Å². The number of aliphatic hydroxyl groups is 1. The van der Waals surface area contributed by atoms with Gasteiger partial charge in [0, 0.05) is 0 Å². The molecular formula is C10H9ClN2O3. The van der Waals surface area contributed by atoms with E-state index in [2.05, 4.69) is 10.1 Å². The Kier molecular flexibility index (Phi) is 4.11. The van der Waals surface area contributed by atoms with Crippen LogP contribution in [0.25, 0.3) is 0 Å². The zero-order valence-corrected chi connectivity index (χ0v) is 9.15. The van der Waals surface area contributed by atoms with Crippen molar-refractivity contribution in [2.45, 2.75) is 6.23 Å². The quantitative estimate of drug-likeness (QED) is 0.611. The summed E-state index contributed by atoms with van der Waals surface area (Å²) in [5, 5.41) is 20.7. The molecule has 0 aliphatic rings. The normalized spacial score (nSPS) is 11.4. The number of rotatable bonds is 3. The predicted octanol–water partition coefficient (Wildman–Crippen LogP) is 1.11. The Morgan fingerprint density at radius 1 is 1.69 bits per heavy atom. The second-order valence-electron chi connectivity index (χ2n) is 2.88. The molecule has 1 rings (SSSR count). The molecule has 0 amide bonds. The molecule has 5 nitrogen and oxygen atoms in total. The molecule has 84 valence electrons.